The fourth-order valence-electron chi connectivity index (χ4n) is 2.73. The van der Waals surface area contributed by atoms with Gasteiger partial charge in [0, 0.05) is 23.3 Å². The van der Waals surface area contributed by atoms with Crippen molar-refractivity contribution in [1.82, 2.24) is 10.2 Å². The van der Waals surface area contributed by atoms with Gasteiger partial charge in [-0.05, 0) is 50.6 Å². The summed E-state index contributed by atoms with van der Waals surface area (Å²) in [4.78, 5) is 14.6. The van der Waals surface area contributed by atoms with Gasteiger partial charge in [0.1, 0.15) is 0 Å². The van der Waals surface area contributed by atoms with E-state index < -0.39 is 0 Å². The molecule has 2 N–H and O–H groups in total. The zero-order valence-electron chi connectivity index (χ0n) is 12.8. The van der Waals surface area contributed by atoms with Crippen LogP contribution in [0.15, 0.2) is 18.2 Å². The summed E-state index contributed by atoms with van der Waals surface area (Å²) < 4.78 is 0. The minimum atomic E-state index is 0.0284. The lowest BCUT2D eigenvalue weighted by Gasteiger charge is -2.27. The summed E-state index contributed by atoms with van der Waals surface area (Å²) in [6.07, 6.45) is 2.17. The van der Waals surface area contributed by atoms with Crippen molar-refractivity contribution in [1.29, 1.82) is 0 Å². The van der Waals surface area contributed by atoms with Crippen molar-refractivity contribution in [3.8, 4) is 0 Å². The highest BCUT2D eigenvalue weighted by atomic mass is 35.5. The average molecular weight is 310 g/mol. The summed E-state index contributed by atoms with van der Waals surface area (Å²) in [5, 5.41) is 6.98. The van der Waals surface area contributed by atoms with Crippen LogP contribution in [0.2, 0.25) is 5.02 Å². The second-order valence-electron chi connectivity index (χ2n) is 5.62. The molecule has 1 amide bonds. The SMILES string of the molecule is CCCN(CC(=O)Nc1cc(Cl)ccc1C)C1CCNC1. The molecule has 116 valence electrons. The molecular weight excluding hydrogens is 286 g/mol. The molecular formula is C16H24ClN3O. The lowest BCUT2D eigenvalue weighted by molar-refractivity contribution is -0.117. The fourth-order valence-corrected chi connectivity index (χ4v) is 2.90. The number of carbonyl (C=O) groups is 1. The Morgan fingerprint density at radius 2 is 2.33 bits per heavy atom. The van der Waals surface area contributed by atoms with Crippen LogP contribution in [0.1, 0.15) is 25.3 Å². The van der Waals surface area contributed by atoms with Crippen molar-refractivity contribution < 1.29 is 4.79 Å². The smallest absolute Gasteiger partial charge is 0.238 e. The molecule has 0 aliphatic carbocycles. The Bertz CT molecular complexity index is 486. The highest BCUT2D eigenvalue weighted by Gasteiger charge is 2.23. The largest absolute Gasteiger partial charge is 0.325 e. The number of hydrogen-bond donors (Lipinski definition) is 2. The number of hydrogen-bond acceptors (Lipinski definition) is 3. The van der Waals surface area contributed by atoms with E-state index in [0.29, 0.717) is 17.6 Å². The molecule has 4 nitrogen and oxygen atoms in total. The number of nitrogens with one attached hydrogen (secondary N) is 2. The van der Waals surface area contributed by atoms with Gasteiger partial charge in [0.2, 0.25) is 5.91 Å². The van der Waals surface area contributed by atoms with E-state index in [1.165, 1.54) is 0 Å². The van der Waals surface area contributed by atoms with Crippen molar-refractivity contribution in [3.63, 3.8) is 0 Å². The third-order valence-electron chi connectivity index (χ3n) is 3.88. The third kappa shape index (κ3) is 4.70. The Kier molecular flexibility index (Phi) is 6.03. The van der Waals surface area contributed by atoms with Crippen molar-refractivity contribution in [3.05, 3.63) is 28.8 Å². The van der Waals surface area contributed by atoms with Crippen LogP contribution in [0.4, 0.5) is 5.69 Å². The first-order chi connectivity index (χ1) is 10.1. The van der Waals surface area contributed by atoms with Crippen molar-refractivity contribution in [2.45, 2.75) is 32.7 Å². The maximum Gasteiger partial charge on any atom is 0.238 e. The minimum Gasteiger partial charge on any atom is -0.325 e. The maximum absolute atomic E-state index is 12.3. The highest BCUT2D eigenvalue weighted by Crippen LogP contribution is 2.20. The molecule has 0 bridgehead atoms. The van der Waals surface area contributed by atoms with Gasteiger partial charge < -0.3 is 10.6 Å². The van der Waals surface area contributed by atoms with Crippen molar-refractivity contribution in [2.24, 2.45) is 0 Å². The van der Waals surface area contributed by atoms with E-state index in [4.69, 9.17) is 11.6 Å². The Morgan fingerprint density at radius 1 is 1.52 bits per heavy atom. The van der Waals surface area contributed by atoms with Crippen LogP contribution in [-0.2, 0) is 4.79 Å². The molecule has 0 aromatic heterocycles. The van der Waals surface area contributed by atoms with Gasteiger partial charge in [0.15, 0.2) is 0 Å². The van der Waals surface area contributed by atoms with E-state index in [9.17, 15) is 4.79 Å². The van der Waals surface area contributed by atoms with Crippen LogP contribution in [0, 0.1) is 6.92 Å². The molecule has 5 heteroatoms. The molecule has 1 aromatic carbocycles. The first-order valence-corrected chi connectivity index (χ1v) is 7.98. The molecule has 21 heavy (non-hydrogen) atoms. The van der Waals surface area contributed by atoms with Gasteiger partial charge >= 0.3 is 0 Å². The summed E-state index contributed by atoms with van der Waals surface area (Å²) in [6, 6.07) is 6.02. The second-order valence-corrected chi connectivity index (χ2v) is 6.06. The van der Waals surface area contributed by atoms with E-state index >= 15 is 0 Å². The zero-order valence-corrected chi connectivity index (χ0v) is 13.5. The summed E-state index contributed by atoms with van der Waals surface area (Å²) in [6.45, 7) is 7.52. The number of aryl methyl sites for hydroxylation is 1. The second kappa shape index (κ2) is 7.78. The number of halogens is 1. The van der Waals surface area contributed by atoms with Gasteiger partial charge in [0.25, 0.3) is 0 Å². The number of rotatable bonds is 6. The molecule has 1 fully saturated rings. The predicted molar refractivity (Wildman–Crippen MR) is 88.0 cm³/mol. The number of anilines is 1. The van der Waals surface area contributed by atoms with E-state index in [-0.39, 0.29) is 5.91 Å². The molecule has 1 aliphatic rings. The molecule has 1 atom stereocenters. The molecule has 0 spiro atoms. The van der Waals surface area contributed by atoms with Gasteiger partial charge in [-0.15, -0.1) is 0 Å². The van der Waals surface area contributed by atoms with Crippen LogP contribution in [0.3, 0.4) is 0 Å². The van der Waals surface area contributed by atoms with Crippen LogP contribution in [0.25, 0.3) is 0 Å². The van der Waals surface area contributed by atoms with Gasteiger partial charge in [0.05, 0.1) is 6.54 Å². The van der Waals surface area contributed by atoms with Gasteiger partial charge in [-0.1, -0.05) is 24.6 Å². The normalized spacial score (nSPS) is 18.2. The fraction of sp³-hybridized carbons (Fsp3) is 0.562. The maximum atomic E-state index is 12.3. The monoisotopic (exact) mass is 309 g/mol. The molecule has 2 rings (SSSR count). The summed E-state index contributed by atoms with van der Waals surface area (Å²) >= 11 is 5.99. The van der Waals surface area contributed by atoms with Crippen LogP contribution in [0.5, 0.6) is 0 Å². The molecule has 1 saturated heterocycles. The molecule has 1 aromatic rings. The summed E-state index contributed by atoms with van der Waals surface area (Å²) in [7, 11) is 0. The van der Waals surface area contributed by atoms with E-state index in [2.05, 4.69) is 22.5 Å². The molecule has 1 unspecified atom stereocenters. The van der Waals surface area contributed by atoms with E-state index in [0.717, 1.165) is 43.7 Å². The number of benzene rings is 1. The van der Waals surface area contributed by atoms with Crippen molar-refractivity contribution >= 4 is 23.2 Å². The van der Waals surface area contributed by atoms with Gasteiger partial charge in [-0.2, -0.15) is 0 Å². The lowest BCUT2D eigenvalue weighted by atomic mass is 10.2. The molecule has 0 radical (unpaired) electrons. The molecule has 1 aliphatic heterocycles. The first-order valence-electron chi connectivity index (χ1n) is 7.61. The lowest BCUT2D eigenvalue weighted by Crippen LogP contribution is -2.42. The van der Waals surface area contributed by atoms with Gasteiger partial charge in [-0.3, -0.25) is 9.69 Å². The summed E-state index contributed by atoms with van der Waals surface area (Å²) in [5.74, 6) is 0.0284. The third-order valence-corrected chi connectivity index (χ3v) is 4.12. The van der Waals surface area contributed by atoms with Crippen molar-refractivity contribution in [2.75, 3.05) is 31.5 Å². The number of amides is 1. The van der Waals surface area contributed by atoms with E-state index in [1.54, 1.807) is 6.07 Å². The Hall–Kier alpha value is -1.10. The Morgan fingerprint density at radius 3 is 3.00 bits per heavy atom. The molecule has 1 heterocycles. The summed E-state index contributed by atoms with van der Waals surface area (Å²) in [5.41, 5.74) is 1.82. The van der Waals surface area contributed by atoms with Crippen LogP contribution in [-0.4, -0.2) is 43.0 Å². The Labute approximate surface area is 131 Å². The standard InChI is InChI=1S/C16H24ClN3O/c1-3-8-20(14-6-7-18-10-14)11-16(21)19-15-9-13(17)5-4-12(15)2/h4-5,9,14,18H,3,6-8,10-11H2,1-2H3,(H,19,21). The Balaban J connectivity index is 1.96. The highest BCUT2D eigenvalue weighted by molar-refractivity contribution is 6.31. The average Bonchev–Trinajstić information content (AvgIpc) is 2.96. The quantitative estimate of drug-likeness (QED) is 0.849. The zero-order chi connectivity index (χ0) is 15.2. The number of nitrogens with zero attached hydrogens (tertiary/aromatic N) is 1. The predicted octanol–water partition coefficient (Wildman–Crippen LogP) is 2.66. The van der Waals surface area contributed by atoms with Gasteiger partial charge in [-0.25, -0.2) is 0 Å². The van der Waals surface area contributed by atoms with E-state index in [1.807, 2.05) is 19.1 Å². The first kappa shape index (κ1) is 16.3. The topological polar surface area (TPSA) is 44.4 Å². The van der Waals surface area contributed by atoms with Crippen LogP contribution < -0.4 is 10.6 Å². The van der Waals surface area contributed by atoms with Crippen LogP contribution >= 0.6 is 11.6 Å². The number of carbonyl (C=O) groups excluding carboxylic acids is 1. The molecule has 0 saturated carbocycles. The minimum absolute atomic E-state index is 0.0284.